The van der Waals surface area contributed by atoms with Gasteiger partial charge in [0.05, 0.1) is 12.8 Å². The average molecular weight is 374 g/mol. The lowest BCUT2D eigenvalue weighted by Gasteiger charge is -2.09. The Morgan fingerprint density at radius 1 is 0.933 bits per heavy atom. The standard InChI is InChI=1S/C7H8N4S2.2BrH/c8-10-5-1-3-12-7(5)6(11-9)2-4-13-7;;/h1-4H2;2*1H. The molecule has 0 unspecified atom stereocenters. The molecule has 0 N–H and O–H groups in total. The van der Waals surface area contributed by atoms with Gasteiger partial charge in [-0.2, -0.15) is 9.58 Å². The Balaban J connectivity index is 0.000000980. The fourth-order valence-corrected chi connectivity index (χ4v) is 4.92. The molecule has 0 amide bonds. The molecule has 0 saturated carbocycles. The van der Waals surface area contributed by atoms with Crippen molar-refractivity contribution in [3.8, 4) is 0 Å². The number of nitrogens with zero attached hydrogens (tertiary/aromatic N) is 4. The van der Waals surface area contributed by atoms with E-state index in [9.17, 15) is 0 Å². The van der Waals surface area contributed by atoms with Crippen LogP contribution >= 0.6 is 57.5 Å². The smallest absolute Gasteiger partial charge is 0.307 e. The number of rotatable bonds is 0. The Morgan fingerprint density at radius 2 is 1.33 bits per heavy atom. The van der Waals surface area contributed by atoms with Crippen LogP contribution < -0.4 is 0 Å². The van der Waals surface area contributed by atoms with Gasteiger partial charge in [0.25, 0.3) is 4.08 Å². The highest BCUT2D eigenvalue weighted by atomic mass is 79.9. The minimum absolute atomic E-state index is 0. The maximum Gasteiger partial charge on any atom is 0.307 e. The van der Waals surface area contributed by atoms with Gasteiger partial charge in [0.15, 0.2) is 0 Å². The van der Waals surface area contributed by atoms with Crippen molar-refractivity contribution >= 4 is 68.9 Å². The normalized spacial score (nSPS) is 28.0. The Morgan fingerprint density at radius 3 is 1.67 bits per heavy atom. The van der Waals surface area contributed by atoms with Gasteiger partial charge in [0.1, 0.15) is 0 Å². The molecule has 0 atom stereocenters. The SMILES string of the molecule is Br.Br.[N-]=[N+]=C1CCSC12SCCC2=[N+]=[N-]. The first-order valence-corrected chi connectivity index (χ1v) is 6.01. The predicted molar refractivity (Wildman–Crippen MR) is 74.8 cm³/mol. The second-order valence-electron chi connectivity index (χ2n) is 2.91. The number of hydrogen-bond acceptors (Lipinski definition) is 2. The highest BCUT2D eigenvalue weighted by Crippen LogP contribution is 2.49. The van der Waals surface area contributed by atoms with Crippen LogP contribution in [-0.2, 0) is 0 Å². The molecule has 84 valence electrons. The van der Waals surface area contributed by atoms with Crippen molar-refractivity contribution in [3.05, 3.63) is 11.1 Å². The molecule has 0 aromatic rings. The van der Waals surface area contributed by atoms with Crippen molar-refractivity contribution in [1.82, 2.24) is 0 Å². The first-order chi connectivity index (χ1) is 6.33. The molecule has 0 bridgehead atoms. The van der Waals surface area contributed by atoms with Crippen LogP contribution in [0.1, 0.15) is 12.8 Å². The van der Waals surface area contributed by atoms with Crippen LogP contribution in [0.4, 0.5) is 0 Å². The summed E-state index contributed by atoms with van der Waals surface area (Å²) < 4.78 is -0.344. The van der Waals surface area contributed by atoms with Crippen LogP contribution in [0.5, 0.6) is 0 Å². The molecule has 2 aliphatic heterocycles. The minimum atomic E-state index is -0.344. The summed E-state index contributed by atoms with van der Waals surface area (Å²) in [6.07, 6.45) is 1.57. The van der Waals surface area contributed by atoms with E-state index in [1.165, 1.54) is 0 Å². The molecule has 1 spiro atoms. The first kappa shape index (κ1) is 15.4. The summed E-state index contributed by atoms with van der Waals surface area (Å²) in [6, 6.07) is 0. The molecule has 15 heavy (non-hydrogen) atoms. The molecule has 2 rings (SSSR count). The third-order valence-corrected chi connectivity index (χ3v) is 5.57. The molecule has 8 heteroatoms. The van der Waals surface area contributed by atoms with Gasteiger partial charge in [-0.05, 0) is 0 Å². The summed E-state index contributed by atoms with van der Waals surface area (Å²) in [6.45, 7) is 0. The quantitative estimate of drug-likeness (QED) is 0.483. The molecule has 2 aliphatic rings. The van der Waals surface area contributed by atoms with E-state index in [0.717, 1.165) is 35.8 Å². The van der Waals surface area contributed by atoms with Gasteiger partial charge in [-0.3, -0.25) is 0 Å². The minimum Gasteiger partial charge on any atom is -0.361 e. The molecule has 4 nitrogen and oxygen atoms in total. The van der Waals surface area contributed by atoms with E-state index in [0.29, 0.717) is 0 Å². The van der Waals surface area contributed by atoms with E-state index in [4.69, 9.17) is 11.1 Å². The van der Waals surface area contributed by atoms with Crippen molar-refractivity contribution in [3.63, 3.8) is 0 Å². The van der Waals surface area contributed by atoms with Gasteiger partial charge < -0.3 is 11.1 Å². The summed E-state index contributed by atoms with van der Waals surface area (Å²) in [5.74, 6) is 1.87. The van der Waals surface area contributed by atoms with Crippen molar-refractivity contribution in [2.24, 2.45) is 0 Å². The molecular formula is C7H10Br2N4S2. The van der Waals surface area contributed by atoms with E-state index in [-0.39, 0.29) is 38.0 Å². The fraction of sp³-hybridized carbons (Fsp3) is 0.714. The van der Waals surface area contributed by atoms with Crippen molar-refractivity contribution < 1.29 is 9.58 Å². The molecular weight excluding hydrogens is 364 g/mol. The topological polar surface area (TPSA) is 72.8 Å². The fourth-order valence-electron chi connectivity index (χ4n) is 1.69. The van der Waals surface area contributed by atoms with Crippen LogP contribution in [0.15, 0.2) is 0 Å². The summed E-state index contributed by atoms with van der Waals surface area (Å²) in [7, 11) is 0. The average Bonchev–Trinajstić information content (AvgIpc) is 2.74. The zero-order valence-electron chi connectivity index (χ0n) is 7.75. The van der Waals surface area contributed by atoms with E-state index < -0.39 is 0 Å². The maximum absolute atomic E-state index is 8.83. The van der Waals surface area contributed by atoms with Crippen LogP contribution in [0, 0.1) is 0 Å². The highest BCUT2D eigenvalue weighted by molar-refractivity contribution is 8.93. The second kappa shape index (κ2) is 6.23. The first-order valence-electron chi connectivity index (χ1n) is 4.04. The maximum atomic E-state index is 8.83. The Labute approximate surface area is 117 Å². The lowest BCUT2D eigenvalue weighted by Crippen LogP contribution is -2.33. The van der Waals surface area contributed by atoms with Crippen LogP contribution in [-0.4, -0.2) is 36.6 Å². The third-order valence-electron chi connectivity index (χ3n) is 2.29. The van der Waals surface area contributed by atoms with Gasteiger partial charge in [-0.25, -0.2) is 0 Å². The Hall–Kier alpha value is 0.420. The predicted octanol–water partition coefficient (Wildman–Crippen LogP) is 2.45. The highest BCUT2D eigenvalue weighted by Gasteiger charge is 2.60. The van der Waals surface area contributed by atoms with Gasteiger partial charge in [0.2, 0.25) is 0 Å². The van der Waals surface area contributed by atoms with Crippen molar-refractivity contribution in [2.75, 3.05) is 11.5 Å². The summed E-state index contributed by atoms with van der Waals surface area (Å²) in [4.78, 5) is 6.61. The number of hydrogen-bond donors (Lipinski definition) is 0. The molecule has 0 aromatic heterocycles. The molecule has 2 heterocycles. The lowest BCUT2D eigenvalue weighted by atomic mass is 10.1. The molecule has 2 fully saturated rings. The molecule has 0 aliphatic carbocycles. The van der Waals surface area contributed by atoms with Gasteiger partial charge in [0, 0.05) is 11.5 Å². The zero-order valence-corrected chi connectivity index (χ0v) is 12.8. The summed E-state index contributed by atoms with van der Waals surface area (Å²) in [5.41, 5.74) is 19.1. The third kappa shape index (κ3) is 2.40. The van der Waals surface area contributed by atoms with Gasteiger partial charge in [-0.15, -0.1) is 57.5 Å². The van der Waals surface area contributed by atoms with Gasteiger partial charge in [-0.1, -0.05) is 0 Å². The largest absolute Gasteiger partial charge is 0.361 e. The van der Waals surface area contributed by atoms with Gasteiger partial charge >= 0.3 is 11.4 Å². The van der Waals surface area contributed by atoms with E-state index in [1.807, 2.05) is 0 Å². The van der Waals surface area contributed by atoms with E-state index in [2.05, 4.69) is 9.58 Å². The zero-order chi connectivity index (χ0) is 9.31. The molecule has 0 aromatic carbocycles. The summed E-state index contributed by atoms with van der Waals surface area (Å²) >= 11 is 3.40. The van der Waals surface area contributed by atoms with E-state index >= 15 is 0 Å². The summed E-state index contributed by atoms with van der Waals surface area (Å²) in [5, 5.41) is 0. The Bertz CT molecular complexity index is 313. The molecule has 0 radical (unpaired) electrons. The molecule has 2 saturated heterocycles. The van der Waals surface area contributed by atoms with Crippen molar-refractivity contribution in [1.29, 1.82) is 0 Å². The van der Waals surface area contributed by atoms with Crippen molar-refractivity contribution in [2.45, 2.75) is 16.9 Å². The number of thioether (sulfide) groups is 2. The Kier molecular flexibility index (Phi) is 6.40. The van der Waals surface area contributed by atoms with Crippen LogP contribution in [0.2, 0.25) is 0 Å². The lowest BCUT2D eigenvalue weighted by molar-refractivity contribution is -0.0188. The van der Waals surface area contributed by atoms with Crippen LogP contribution in [0.3, 0.4) is 0 Å². The second-order valence-corrected chi connectivity index (χ2v) is 5.78. The van der Waals surface area contributed by atoms with E-state index in [1.54, 1.807) is 23.5 Å². The number of halogens is 2. The monoisotopic (exact) mass is 372 g/mol. The van der Waals surface area contributed by atoms with Crippen LogP contribution in [0.25, 0.3) is 11.1 Å².